The van der Waals surface area contributed by atoms with Gasteiger partial charge in [0.1, 0.15) is 5.65 Å². The lowest BCUT2D eigenvalue weighted by atomic mass is 9.87. The smallest absolute Gasteiger partial charge is 0.313 e. The number of imidazole rings is 1. The molecule has 3 amide bonds. The van der Waals surface area contributed by atoms with E-state index in [2.05, 4.69) is 28.6 Å². The van der Waals surface area contributed by atoms with Crippen LogP contribution in [0.5, 0.6) is 0 Å². The summed E-state index contributed by atoms with van der Waals surface area (Å²) in [5.41, 5.74) is 3.74. The fourth-order valence-electron chi connectivity index (χ4n) is 5.29. The molecule has 1 saturated heterocycles. The van der Waals surface area contributed by atoms with Gasteiger partial charge in [-0.1, -0.05) is 19.1 Å². The average Bonchev–Trinajstić information content (AvgIpc) is 3.41. The Morgan fingerprint density at radius 3 is 2.82 bits per heavy atom. The molecule has 1 aromatic carbocycles. The van der Waals surface area contributed by atoms with E-state index in [0.29, 0.717) is 23.8 Å². The van der Waals surface area contributed by atoms with Gasteiger partial charge in [0.25, 0.3) is 0 Å². The van der Waals surface area contributed by atoms with Gasteiger partial charge in [-0.3, -0.25) is 14.4 Å². The van der Waals surface area contributed by atoms with Crippen molar-refractivity contribution >= 4 is 34.7 Å². The Balaban J connectivity index is 1.26. The van der Waals surface area contributed by atoms with Crippen molar-refractivity contribution in [2.24, 2.45) is 5.92 Å². The summed E-state index contributed by atoms with van der Waals surface area (Å²) in [5, 5.41) is 5.73. The summed E-state index contributed by atoms with van der Waals surface area (Å²) < 4.78 is 1.83. The van der Waals surface area contributed by atoms with E-state index in [1.165, 1.54) is 0 Å². The second kappa shape index (κ2) is 7.16. The fourth-order valence-corrected chi connectivity index (χ4v) is 5.29. The number of carbonyl (C=O) groups is 3. The molecule has 8 heteroatoms. The molecular formula is C25H25N5O3. The molecule has 3 aromatic rings. The van der Waals surface area contributed by atoms with Gasteiger partial charge in [-0.2, -0.15) is 0 Å². The molecule has 1 unspecified atom stereocenters. The highest BCUT2D eigenvalue weighted by Gasteiger charge is 2.56. The van der Waals surface area contributed by atoms with E-state index in [4.69, 9.17) is 0 Å². The monoisotopic (exact) mass is 443 g/mol. The van der Waals surface area contributed by atoms with E-state index in [1.54, 1.807) is 29.4 Å². The van der Waals surface area contributed by atoms with Crippen LogP contribution in [0.15, 0.2) is 48.9 Å². The summed E-state index contributed by atoms with van der Waals surface area (Å²) in [7, 11) is 0. The van der Waals surface area contributed by atoms with Crippen LogP contribution in [-0.4, -0.2) is 38.6 Å². The van der Waals surface area contributed by atoms with E-state index in [-0.39, 0.29) is 17.4 Å². The number of likely N-dealkylation sites (tertiary alicyclic amines) is 1. The van der Waals surface area contributed by atoms with Crippen molar-refractivity contribution in [2.75, 3.05) is 17.2 Å². The van der Waals surface area contributed by atoms with Crippen LogP contribution in [0.3, 0.4) is 0 Å². The molecule has 33 heavy (non-hydrogen) atoms. The molecule has 2 N–H and O–H groups in total. The number of nitrogens with one attached hydrogen (secondary N) is 2. The van der Waals surface area contributed by atoms with Crippen molar-refractivity contribution < 1.29 is 14.4 Å². The molecular weight excluding hydrogens is 418 g/mol. The lowest BCUT2D eigenvalue weighted by Crippen LogP contribution is -2.46. The Bertz CT molecular complexity index is 1310. The number of benzene rings is 1. The van der Waals surface area contributed by atoms with E-state index in [9.17, 15) is 14.4 Å². The van der Waals surface area contributed by atoms with Crippen molar-refractivity contribution in [3.63, 3.8) is 0 Å². The molecule has 2 atom stereocenters. The number of nitrogens with zero attached hydrogens (tertiary/aromatic N) is 3. The van der Waals surface area contributed by atoms with Crippen LogP contribution in [0, 0.1) is 5.92 Å². The highest BCUT2D eigenvalue weighted by Crippen LogP contribution is 2.55. The van der Waals surface area contributed by atoms with Gasteiger partial charge in [-0.25, -0.2) is 4.98 Å². The van der Waals surface area contributed by atoms with Crippen LogP contribution in [0.4, 0.5) is 11.4 Å². The van der Waals surface area contributed by atoms with E-state index >= 15 is 0 Å². The lowest BCUT2D eigenvalue weighted by Gasteiger charge is -2.38. The topological polar surface area (TPSA) is 95.8 Å². The van der Waals surface area contributed by atoms with Gasteiger partial charge in [-0.15, -0.1) is 0 Å². The normalized spacial score (nSPS) is 22.8. The molecule has 2 aromatic heterocycles. The first-order valence-corrected chi connectivity index (χ1v) is 11.5. The maximum absolute atomic E-state index is 13.3. The number of hydrogen-bond acceptors (Lipinski definition) is 4. The number of amides is 3. The molecule has 2 fully saturated rings. The third-order valence-corrected chi connectivity index (χ3v) is 7.31. The van der Waals surface area contributed by atoms with Crippen LogP contribution < -0.4 is 10.6 Å². The summed E-state index contributed by atoms with van der Waals surface area (Å²) in [4.78, 5) is 44.6. The van der Waals surface area contributed by atoms with Crippen molar-refractivity contribution in [1.82, 2.24) is 14.3 Å². The zero-order chi connectivity index (χ0) is 22.7. The number of carbonyl (C=O) groups excluding carboxylic acids is 3. The van der Waals surface area contributed by atoms with Gasteiger partial charge in [-0.05, 0) is 54.9 Å². The third-order valence-electron chi connectivity index (χ3n) is 7.31. The minimum Gasteiger partial charge on any atom is -0.327 e. The van der Waals surface area contributed by atoms with Gasteiger partial charge in [0.15, 0.2) is 0 Å². The highest BCUT2D eigenvalue weighted by molar-refractivity contribution is 6.39. The van der Waals surface area contributed by atoms with Crippen molar-refractivity contribution in [3.8, 4) is 0 Å². The van der Waals surface area contributed by atoms with E-state index < -0.39 is 11.8 Å². The molecule has 8 nitrogen and oxygen atoms in total. The Labute approximate surface area is 191 Å². The Kier molecular flexibility index (Phi) is 4.33. The van der Waals surface area contributed by atoms with Gasteiger partial charge in [0.2, 0.25) is 5.91 Å². The molecule has 1 spiro atoms. The first kappa shape index (κ1) is 20.0. The van der Waals surface area contributed by atoms with E-state index in [1.807, 2.05) is 22.7 Å². The molecule has 4 heterocycles. The second-order valence-corrected chi connectivity index (χ2v) is 9.56. The largest absolute Gasteiger partial charge is 0.327 e. The van der Waals surface area contributed by atoms with Crippen molar-refractivity contribution in [3.05, 3.63) is 60.0 Å². The molecule has 6 rings (SSSR count). The number of piperidine rings is 1. The van der Waals surface area contributed by atoms with Gasteiger partial charge in [0.05, 0.1) is 11.5 Å². The summed E-state index contributed by atoms with van der Waals surface area (Å²) in [6.45, 7) is 2.63. The van der Waals surface area contributed by atoms with Gasteiger partial charge >= 0.3 is 11.8 Å². The lowest BCUT2D eigenvalue weighted by molar-refractivity contribution is -0.146. The number of rotatable bonds is 2. The standard InChI is InChI=1S/C25H25N5O3/c1-15-2-5-20(16-3-4-19-18(12-16)25(7-8-25)24(33)28-19)30(14-15)23(32)22(31)27-17-6-10-29-11-9-26-21(29)13-17/h3-4,6,9-13,15,20H,2,5,7-8,14H2,1H3,(H,27,31)(H,28,33)/t15-,20?/m0/s1. The van der Waals surface area contributed by atoms with Gasteiger partial charge in [0, 0.05) is 42.6 Å². The van der Waals surface area contributed by atoms with Crippen LogP contribution >= 0.6 is 0 Å². The molecule has 3 aliphatic rings. The minimum atomic E-state index is -0.651. The molecule has 168 valence electrons. The van der Waals surface area contributed by atoms with Crippen LogP contribution in [-0.2, 0) is 19.8 Å². The molecule has 0 bridgehead atoms. The third kappa shape index (κ3) is 3.20. The fraction of sp³-hybridized carbons (Fsp3) is 0.360. The van der Waals surface area contributed by atoms with Crippen molar-refractivity contribution in [2.45, 2.75) is 44.1 Å². The predicted molar refractivity (Wildman–Crippen MR) is 123 cm³/mol. The molecule has 2 aliphatic heterocycles. The Hall–Kier alpha value is -3.68. The summed E-state index contributed by atoms with van der Waals surface area (Å²) in [6, 6.07) is 9.29. The highest BCUT2D eigenvalue weighted by atomic mass is 16.2. The van der Waals surface area contributed by atoms with Crippen LogP contribution in [0.1, 0.15) is 49.8 Å². The van der Waals surface area contributed by atoms with E-state index in [0.717, 1.165) is 42.5 Å². The summed E-state index contributed by atoms with van der Waals surface area (Å²) in [6.07, 6.45) is 8.78. The SMILES string of the molecule is C[C@H]1CCC(c2ccc3c(c2)C2(CC2)C(=O)N3)N(C(=O)C(=O)Nc2ccn3ccnc3c2)C1. The number of fused-ring (bicyclic) bond motifs is 3. The first-order valence-electron chi connectivity index (χ1n) is 11.5. The number of pyridine rings is 1. The van der Waals surface area contributed by atoms with Crippen LogP contribution in [0.2, 0.25) is 0 Å². The quantitative estimate of drug-likeness (QED) is 0.595. The predicted octanol–water partition coefficient (Wildman–Crippen LogP) is 3.26. The van der Waals surface area contributed by atoms with Gasteiger partial charge < -0.3 is 19.9 Å². The minimum absolute atomic E-state index is 0.0775. The molecule has 0 radical (unpaired) electrons. The Morgan fingerprint density at radius 2 is 2.00 bits per heavy atom. The maximum atomic E-state index is 13.3. The number of anilines is 2. The summed E-state index contributed by atoms with van der Waals surface area (Å²) >= 11 is 0. The average molecular weight is 444 g/mol. The zero-order valence-corrected chi connectivity index (χ0v) is 18.4. The molecule has 1 saturated carbocycles. The second-order valence-electron chi connectivity index (χ2n) is 9.56. The molecule has 1 aliphatic carbocycles. The first-order chi connectivity index (χ1) is 15.9. The van der Waals surface area contributed by atoms with Crippen LogP contribution in [0.25, 0.3) is 5.65 Å². The summed E-state index contributed by atoms with van der Waals surface area (Å²) in [5.74, 6) is -0.798. The number of hydrogen-bond donors (Lipinski definition) is 2. The maximum Gasteiger partial charge on any atom is 0.313 e. The van der Waals surface area contributed by atoms with Crippen molar-refractivity contribution in [1.29, 1.82) is 0 Å². The number of aromatic nitrogens is 2. The zero-order valence-electron chi connectivity index (χ0n) is 18.4. The Morgan fingerprint density at radius 1 is 1.15 bits per heavy atom.